The Labute approximate surface area is 126 Å². The summed E-state index contributed by atoms with van der Waals surface area (Å²) >= 11 is 0. The molecule has 0 radical (unpaired) electrons. The maximum absolute atomic E-state index is 5.43. The Kier molecular flexibility index (Phi) is 4.36. The quantitative estimate of drug-likeness (QED) is 0.905. The number of methoxy groups -OCH3 is 1. The molecule has 4 heteroatoms. The first-order valence-electron chi connectivity index (χ1n) is 7.02. The molecule has 0 aliphatic carbocycles. The highest BCUT2D eigenvalue weighted by molar-refractivity contribution is 5.59. The van der Waals surface area contributed by atoms with Gasteiger partial charge in [-0.05, 0) is 23.1 Å². The topological polar surface area (TPSA) is 39.1 Å². The van der Waals surface area contributed by atoms with Gasteiger partial charge in [0.05, 0.1) is 19.0 Å². The summed E-state index contributed by atoms with van der Waals surface area (Å²) in [4.78, 5) is 0. The molecule has 0 saturated heterocycles. The molecule has 1 N–H and O–H groups in total. The normalized spacial score (nSPS) is 11.2. The maximum Gasteiger partial charge on any atom is 0.141 e. The Bertz CT molecular complexity index is 623. The van der Waals surface area contributed by atoms with E-state index in [4.69, 9.17) is 4.74 Å². The molecular formula is C17H23N3O. The summed E-state index contributed by atoms with van der Waals surface area (Å²) < 4.78 is 7.12. The molecule has 2 rings (SSSR count). The third-order valence-electron chi connectivity index (χ3n) is 3.39. The van der Waals surface area contributed by atoms with Crippen LogP contribution < -0.4 is 10.1 Å². The molecule has 0 fully saturated rings. The van der Waals surface area contributed by atoms with Gasteiger partial charge in [-0.15, -0.1) is 0 Å². The molecule has 0 saturated carbocycles. The van der Waals surface area contributed by atoms with Crippen LogP contribution in [0.1, 0.15) is 31.9 Å². The molecule has 1 aromatic carbocycles. The van der Waals surface area contributed by atoms with E-state index in [0.717, 1.165) is 17.0 Å². The number of benzene rings is 1. The van der Waals surface area contributed by atoms with Crippen LogP contribution in [0.5, 0.6) is 5.75 Å². The van der Waals surface area contributed by atoms with E-state index in [1.54, 1.807) is 18.0 Å². The average Bonchev–Trinajstić information content (AvgIpc) is 2.91. The minimum atomic E-state index is 0.108. The van der Waals surface area contributed by atoms with Crippen LogP contribution in [-0.4, -0.2) is 16.9 Å². The second-order valence-corrected chi connectivity index (χ2v) is 6.03. The van der Waals surface area contributed by atoms with Crippen LogP contribution in [0, 0.1) is 0 Å². The zero-order chi connectivity index (χ0) is 15.5. The number of nitrogens with zero attached hydrogens (tertiary/aromatic N) is 2. The van der Waals surface area contributed by atoms with Crippen molar-refractivity contribution in [2.75, 3.05) is 12.4 Å². The maximum atomic E-state index is 5.43. The van der Waals surface area contributed by atoms with Gasteiger partial charge in [-0.2, -0.15) is 5.10 Å². The van der Waals surface area contributed by atoms with E-state index in [0.29, 0.717) is 6.54 Å². The van der Waals surface area contributed by atoms with Crippen molar-refractivity contribution in [3.8, 4) is 5.75 Å². The highest BCUT2D eigenvalue weighted by Crippen LogP contribution is 2.31. The van der Waals surface area contributed by atoms with Crippen LogP contribution in [0.4, 0.5) is 5.69 Å². The monoisotopic (exact) mass is 285 g/mol. The lowest BCUT2D eigenvalue weighted by atomic mass is 9.87. The summed E-state index contributed by atoms with van der Waals surface area (Å²) in [5.41, 5.74) is 3.47. The summed E-state index contributed by atoms with van der Waals surface area (Å²) in [6.45, 7) is 11.0. The molecule has 0 amide bonds. The third-order valence-corrected chi connectivity index (χ3v) is 3.39. The van der Waals surface area contributed by atoms with Crippen molar-refractivity contribution in [2.45, 2.75) is 32.7 Å². The Morgan fingerprint density at radius 1 is 1.38 bits per heavy atom. The molecule has 112 valence electrons. The molecule has 1 heterocycles. The number of rotatable bonds is 5. The lowest BCUT2D eigenvalue weighted by Gasteiger charge is -2.21. The van der Waals surface area contributed by atoms with E-state index >= 15 is 0 Å². The molecule has 0 bridgehead atoms. The van der Waals surface area contributed by atoms with Gasteiger partial charge in [-0.25, -0.2) is 4.68 Å². The van der Waals surface area contributed by atoms with Gasteiger partial charge in [-0.3, -0.25) is 0 Å². The lowest BCUT2D eigenvalue weighted by molar-refractivity contribution is 0.416. The summed E-state index contributed by atoms with van der Waals surface area (Å²) in [5, 5.41) is 7.59. The average molecular weight is 285 g/mol. The predicted molar refractivity (Wildman–Crippen MR) is 87.6 cm³/mol. The fourth-order valence-electron chi connectivity index (χ4n) is 2.08. The Hall–Kier alpha value is -2.23. The number of anilines is 1. The predicted octanol–water partition coefficient (Wildman–Crippen LogP) is 3.90. The van der Waals surface area contributed by atoms with Gasteiger partial charge < -0.3 is 10.1 Å². The molecule has 0 unspecified atom stereocenters. The summed E-state index contributed by atoms with van der Waals surface area (Å²) in [6, 6.07) is 6.27. The Morgan fingerprint density at radius 3 is 2.71 bits per heavy atom. The van der Waals surface area contributed by atoms with Gasteiger partial charge in [0.25, 0.3) is 0 Å². The first-order chi connectivity index (χ1) is 9.94. The minimum absolute atomic E-state index is 0.108. The zero-order valence-electron chi connectivity index (χ0n) is 13.2. The van der Waals surface area contributed by atoms with Crippen molar-refractivity contribution in [3.05, 3.63) is 48.3 Å². The SMILES string of the molecule is C=Cn1cc(CNc2cc(C(C)(C)C)ccc2OC)cn1. The van der Waals surface area contributed by atoms with Gasteiger partial charge in [0.15, 0.2) is 0 Å². The largest absolute Gasteiger partial charge is 0.495 e. The number of ether oxygens (including phenoxy) is 1. The molecule has 4 nitrogen and oxygen atoms in total. The van der Waals surface area contributed by atoms with Crippen molar-refractivity contribution >= 4 is 11.9 Å². The van der Waals surface area contributed by atoms with Gasteiger partial charge in [-0.1, -0.05) is 33.4 Å². The smallest absolute Gasteiger partial charge is 0.141 e. The molecule has 1 aromatic heterocycles. The standard InChI is InChI=1S/C17H23N3O/c1-6-20-12-13(11-19-20)10-18-15-9-14(17(2,3)4)7-8-16(15)21-5/h6-9,11-12,18H,1,10H2,2-5H3. The first-order valence-corrected chi connectivity index (χ1v) is 7.02. The second kappa shape index (κ2) is 6.04. The molecule has 2 aromatic rings. The van der Waals surface area contributed by atoms with Gasteiger partial charge >= 0.3 is 0 Å². The second-order valence-electron chi connectivity index (χ2n) is 6.03. The lowest BCUT2D eigenvalue weighted by Crippen LogP contribution is -2.12. The molecule has 0 aliphatic rings. The van der Waals surface area contributed by atoms with Crippen LogP contribution >= 0.6 is 0 Å². The van der Waals surface area contributed by atoms with E-state index in [1.807, 2.05) is 18.5 Å². The Morgan fingerprint density at radius 2 is 2.14 bits per heavy atom. The molecule has 21 heavy (non-hydrogen) atoms. The molecular weight excluding hydrogens is 262 g/mol. The van der Waals surface area contributed by atoms with Crippen molar-refractivity contribution in [2.24, 2.45) is 0 Å². The van der Waals surface area contributed by atoms with E-state index in [9.17, 15) is 0 Å². The number of hydrogen-bond acceptors (Lipinski definition) is 3. The van der Waals surface area contributed by atoms with Crippen molar-refractivity contribution in [1.29, 1.82) is 0 Å². The van der Waals surface area contributed by atoms with E-state index < -0.39 is 0 Å². The van der Waals surface area contributed by atoms with E-state index in [-0.39, 0.29) is 5.41 Å². The van der Waals surface area contributed by atoms with Crippen LogP contribution in [0.15, 0.2) is 37.2 Å². The van der Waals surface area contributed by atoms with Gasteiger partial charge in [0, 0.05) is 24.5 Å². The fourth-order valence-corrected chi connectivity index (χ4v) is 2.08. The summed E-state index contributed by atoms with van der Waals surface area (Å²) in [5.74, 6) is 0.846. The van der Waals surface area contributed by atoms with Gasteiger partial charge in [0.2, 0.25) is 0 Å². The van der Waals surface area contributed by atoms with Gasteiger partial charge in [0.1, 0.15) is 5.75 Å². The summed E-state index contributed by atoms with van der Waals surface area (Å²) in [6.07, 6.45) is 5.44. The highest BCUT2D eigenvalue weighted by Gasteiger charge is 2.15. The minimum Gasteiger partial charge on any atom is -0.495 e. The van der Waals surface area contributed by atoms with Crippen LogP contribution in [0.2, 0.25) is 0 Å². The Balaban J connectivity index is 2.19. The molecule has 0 aliphatic heterocycles. The molecule has 0 spiro atoms. The summed E-state index contributed by atoms with van der Waals surface area (Å²) in [7, 11) is 1.69. The fraction of sp³-hybridized carbons (Fsp3) is 0.353. The van der Waals surface area contributed by atoms with Crippen LogP contribution in [-0.2, 0) is 12.0 Å². The number of aromatic nitrogens is 2. The van der Waals surface area contributed by atoms with E-state index in [2.05, 4.69) is 49.9 Å². The van der Waals surface area contributed by atoms with Crippen molar-refractivity contribution < 1.29 is 4.74 Å². The number of hydrogen-bond donors (Lipinski definition) is 1. The zero-order valence-corrected chi connectivity index (χ0v) is 13.2. The van der Waals surface area contributed by atoms with E-state index in [1.165, 1.54) is 5.56 Å². The van der Waals surface area contributed by atoms with Crippen molar-refractivity contribution in [3.63, 3.8) is 0 Å². The highest BCUT2D eigenvalue weighted by atomic mass is 16.5. The van der Waals surface area contributed by atoms with Crippen molar-refractivity contribution in [1.82, 2.24) is 9.78 Å². The van der Waals surface area contributed by atoms with Crippen LogP contribution in [0.3, 0.4) is 0 Å². The first kappa shape index (κ1) is 15.2. The number of nitrogens with one attached hydrogen (secondary N) is 1. The molecule has 0 atom stereocenters. The third kappa shape index (κ3) is 3.66. The van der Waals surface area contributed by atoms with Crippen LogP contribution in [0.25, 0.3) is 6.20 Å².